The first-order chi connectivity index (χ1) is 9.06. The molecule has 1 aromatic heterocycles. The molecular formula is C14H21N3O2. The first kappa shape index (κ1) is 13.8. The molecule has 1 aromatic rings. The van der Waals surface area contributed by atoms with Crippen molar-refractivity contribution < 1.29 is 9.53 Å². The van der Waals surface area contributed by atoms with E-state index >= 15 is 0 Å². The Kier molecular flexibility index (Phi) is 4.37. The molecule has 5 nitrogen and oxygen atoms in total. The standard InChI is InChI=1S/C14H21N3O2/c1-17(2)14(18)13-9-12(6-7-16-13)19-11-5-3-4-10(15)8-11/h6-7,9-11H,3-5,8,15H2,1-2H3. The van der Waals surface area contributed by atoms with Gasteiger partial charge in [0, 0.05) is 32.4 Å². The van der Waals surface area contributed by atoms with Gasteiger partial charge in [-0.3, -0.25) is 9.78 Å². The van der Waals surface area contributed by atoms with Gasteiger partial charge >= 0.3 is 0 Å². The number of amides is 1. The summed E-state index contributed by atoms with van der Waals surface area (Å²) in [6.45, 7) is 0. The predicted octanol–water partition coefficient (Wildman–Crippen LogP) is 1.43. The van der Waals surface area contributed by atoms with Gasteiger partial charge in [0.05, 0.1) is 0 Å². The normalized spacial score (nSPS) is 22.9. The van der Waals surface area contributed by atoms with E-state index in [2.05, 4.69) is 4.98 Å². The summed E-state index contributed by atoms with van der Waals surface area (Å²) in [6, 6.07) is 3.71. The average molecular weight is 263 g/mol. The van der Waals surface area contributed by atoms with E-state index in [1.54, 1.807) is 32.4 Å². The second kappa shape index (κ2) is 6.02. The van der Waals surface area contributed by atoms with Gasteiger partial charge in [0.1, 0.15) is 17.5 Å². The average Bonchev–Trinajstić information content (AvgIpc) is 2.38. The van der Waals surface area contributed by atoms with Crippen LogP contribution in [0.2, 0.25) is 0 Å². The number of hydrogen-bond donors (Lipinski definition) is 1. The van der Waals surface area contributed by atoms with Crippen LogP contribution in [0.4, 0.5) is 0 Å². The van der Waals surface area contributed by atoms with Crippen molar-refractivity contribution in [2.75, 3.05) is 14.1 Å². The number of carbonyl (C=O) groups is 1. The van der Waals surface area contributed by atoms with Gasteiger partial charge in [-0.25, -0.2) is 0 Å². The molecule has 0 aromatic carbocycles. The van der Waals surface area contributed by atoms with Crippen molar-refractivity contribution in [1.82, 2.24) is 9.88 Å². The van der Waals surface area contributed by atoms with Crippen LogP contribution in [0, 0.1) is 0 Å². The molecule has 0 spiro atoms. The van der Waals surface area contributed by atoms with Crippen LogP contribution in [0.1, 0.15) is 36.2 Å². The van der Waals surface area contributed by atoms with E-state index in [4.69, 9.17) is 10.5 Å². The second-order valence-electron chi connectivity index (χ2n) is 5.24. The summed E-state index contributed by atoms with van der Waals surface area (Å²) in [5.74, 6) is 0.574. The molecule has 0 radical (unpaired) electrons. The lowest BCUT2D eigenvalue weighted by atomic mass is 9.93. The van der Waals surface area contributed by atoms with Gasteiger partial charge in [-0.15, -0.1) is 0 Å². The molecule has 1 aliphatic carbocycles. The van der Waals surface area contributed by atoms with Crippen molar-refractivity contribution in [2.45, 2.75) is 37.8 Å². The number of aromatic nitrogens is 1. The molecule has 1 saturated carbocycles. The Morgan fingerprint density at radius 2 is 2.26 bits per heavy atom. The molecule has 104 valence electrons. The number of hydrogen-bond acceptors (Lipinski definition) is 4. The summed E-state index contributed by atoms with van der Waals surface area (Å²) >= 11 is 0. The van der Waals surface area contributed by atoms with Gasteiger partial charge in [-0.2, -0.15) is 0 Å². The van der Waals surface area contributed by atoms with Crippen LogP contribution >= 0.6 is 0 Å². The molecule has 2 N–H and O–H groups in total. The van der Waals surface area contributed by atoms with E-state index in [9.17, 15) is 4.79 Å². The number of rotatable bonds is 3. The molecule has 2 rings (SSSR count). The third-order valence-electron chi connectivity index (χ3n) is 3.33. The lowest BCUT2D eigenvalue weighted by Crippen LogP contribution is -2.33. The molecule has 1 fully saturated rings. The molecule has 1 heterocycles. The van der Waals surface area contributed by atoms with Crippen LogP contribution in [0.5, 0.6) is 5.75 Å². The Morgan fingerprint density at radius 1 is 1.47 bits per heavy atom. The fourth-order valence-electron chi connectivity index (χ4n) is 2.31. The van der Waals surface area contributed by atoms with Crippen molar-refractivity contribution in [2.24, 2.45) is 5.73 Å². The largest absolute Gasteiger partial charge is 0.490 e. The first-order valence-electron chi connectivity index (χ1n) is 6.66. The molecule has 1 aliphatic rings. The fraction of sp³-hybridized carbons (Fsp3) is 0.571. The van der Waals surface area contributed by atoms with E-state index < -0.39 is 0 Å². The molecule has 1 amide bonds. The molecule has 2 atom stereocenters. The Hall–Kier alpha value is -1.62. The Balaban J connectivity index is 2.04. The molecule has 5 heteroatoms. The molecule has 0 saturated heterocycles. The van der Waals surface area contributed by atoms with Gasteiger partial charge in [0.15, 0.2) is 0 Å². The quantitative estimate of drug-likeness (QED) is 0.895. The predicted molar refractivity (Wildman–Crippen MR) is 73.1 cm³/mol. The van der Waals surface area contributed by atoms with Crippen LogP contribution < -0.4 is 10.5 Å². The monoisotopic (exact) mass is 263 g/mol. The summed E-state index contributed by atoms with van der Waals surface area (Å²) < 4.78 is 5.91. The lowest BCUT2D eigenvalue weighted by molar-refractivity contribution is 0.0820. The summed E-state index contributed by atoms with van der Waals surface area (Å²) in [5.41, 5.74) is 6.35. The number of pyridine rings is 1. The van der Waals surface area contributed by atoms with Crippen LogP contribution in [-0.4, -0.2) is 42.0 Å². The zero-order valence-electron chi connectivity index (χ0n) is 11.5. The molecule has 19 heavy (non-hydrogen) atoms. The SMILES string of the molecule is CN(C)C(=O)c1cc(OC2CCCC(N)C2)ccn1. The highest BCUT2D eigenvalue weighted by molar-refractivity contribution is 5.92. The van der Waals surface area contributed by atoms with Crippen molar-refractivity contribution >= 4 is 5.91 Å². The van der Waals surface area contributed by atoms with E-state index in [1.165, 1.54) is 4.90 Å². The van der Waals surface area contributed by atoms with Gasteiger partial charge in [0.25, 0.3) is 5.91 Å². The molecule has 2 unspecified atom stereocenters. The highest BCUT2D eigenvalue weighted by Gasteiger charge is 2.21. The van der Waals surface area contributed by atoms with Gasteiger partial charge < -0.3 is 15.4 Å². The Bertz CT molecular complexity index is 448. The van der Waals surface area contributed by atoms with Gasteiger partial charge in [0.2, 0.25) is 0 Å². The van der Waals surface area contributed by atoms with E-state index in [0.717, 1.165) is 25.7 Å². The van der Waals surface area contributed by atoms with Crippen molar-refractivity contribution in [3.8, 4) is 5.75 Å². The van der Waals surface area contributed by atoms with Crippen molar-refractivity contribution in [1.29, 1.82) is 0 Å². The van der Waals surface area contributed by atoms with Crippen LogP contribution in [0.15, 0.2) is 18.3 Å². The fourth-order valence-corrected chi connectivity index (χ4v) is 2.31. The maximum atomic E-state index is 11.8. The highest BCUT2D eigenvalue weighted by atomic mass is 16.5. The number of nitrogens with zero attached hydrogens (tertiary/aromatic N) is 2. The molecular weight excluding hydrogens is 242 g/mol. The summed E-state index contributed by atoms with van der Waals surface area (Å²) in [5, 5.41) is 0. The first-order valence-corrected chi connectivity index (χ1v) is 6.66. The molecule has 0 bridgehead atoms. The third kappa shape index (κ3) is 3.67. The summed E-state index contributed by atoms with van der Waals surface area (Å²) in [7, 11) is 3.41. The van der Waals surface area contributed by atoms with Crippen LogP contribution in [0.25, 0.3) is 0 Å². The van der Waals surface area contributed by atoms with Crippen LogP contribution in [-0.2, 0) is 0 Å². The van der Waals surface area contributed by atoms with E-state index in [1.807, 2.05) is 0 Å². The maximum Gasteiger partial charge on any atom is 0.272 e. The Morgan fingerprint density at radius 3 is 2.95 bits per heavy atom. The van der Waals surface area contributed by atoms with Gasteiger partial charge in [-0.1, -0.05) is 0 Å². The van der Waals surface area contributed by atoms with Crippen molar-refractivity contribution in [3.63, 3.8) is 0 Å². The molecule has 0 aliphatic heterocycles. The minimum Gasteiger partial charge on any atom is -0.490 e. The van der Waals surface area contributed by atoms with Crippen molar-refractivity contribution in [3.05, 3.63) is 24.0 Å². The number of nitrogens with two attached hydrogens (primary N) is 1. The zero-order valence-corrected chi connectivity index (χ0v) is 11.5. The zero-order chi connectivity index (χ0) is 13.8. The van der Waals surface area contributed by atoms with Crippen LogP contribution in [0.3, 0.4) is 0 Å². The highest BCUT2D eigenvalue weighted by Crippen LogP contribution is 2.23. The maximum absolute atomic E-state index is 11.8. The summed E-state index contributed by atoms with van der Waals surface area (Å²) in [4.78, 5) is 17.4. The minimum atomic E-state index is -0.120. The Labute approximate surface area is 113 Å². The second-order valence-corrected chi connectivity index (χ2v) is 5.24. The van der Waals surface area contributed by atoms with E-state index in [0.29, 0.717) is 11.4 Å². The third-order valence-corrected chi connectivity index (χ3v) is 3.33. The van der Waals surface area contributed by atoms with Gasteiger partial charge in [-0.05, 0) is 31.7 Å². The lowest BCUT2D eigenvalue weighted by Gasteiger charge is -2.27. The topological polar surface area (TPSA) is 68.5 Å². The summed E-state index contributed by atoms with van der Waals surface area (Å²) in [6.07, 6.45) is 5.82. The smallest absolute Gasteiger partial charge is 0.272 e. The number of ether oxygens (including phenoxy) is 1. The number of carbonyl (C=O) groups excluding carboxylic acids is 1. The van der Waals surface area contributed by atoms with E-state index in [-0.39, 0.29) is 18.1 Å². The minimum absolute atomic E-state index is 0.120.